The molecule has 96 valence electrons. The second-order valence-corrected chi connectivity index (χ2v) is 5.37. The van der Waals surface area contributed by atoms with E-state index in [4.69, 9.17) is 0 Å². The van der Waals surface area contributed by atoms with Gasteiger partial charge in [0.05, 0.1) is 11.8 Å². The van der Waals surface area contributed by atoms with Crippen LogP contribution in [0.1, 0.15) is 38.3 Å². The highest BCUT2D eigenvalue weighted by Crippen LogP contribution is 2.12. The van der Waals surface area contributed by atoms with Gasteiger partial charge in [-0.3, -0.25) is 9.89 Å². The van der Waals surface area contributed by atoms with E-state index < -0.39 is 0 Å². The maximum atomic E-state index is 11.7. The Morgan fingerprint density at radius 3 is 2.94 bits per heavy atom. The average Bonchev–Trinajstić information content (AvgIpc) is 2.72. The Balaban J connectivity index is 2.24. The molecule has 0 saturated heterocycles. The van der Waals surface area contributed by atoms with E-state index in [1.807, 2.05) is 13.8 Å². The average molecular weight is 256 g/mol. The third-order valence-electron chi connectivity index (χ3n) is 2.30. The molecule has 1 aromatic heterocycles. The first-order valence-corrected chi connectivity index (χ1v) is 6.95. The molecular formula is C11H20N4OS. The highest BCUT2D eigenvalue weighted by Gasteiger charge is 2.13. The summed E-state index contributed by atoms with van der Waals surface area (Å²) in [5.74, 6) is 2.47. The van der Waals surface area contributed by atoms with Crippen molar-refractivity contribution in [3.05, 3.63) is 11.6 Å². The highest BCUT2D eigenvalue weighted by molar-refractivity contribution is 8.00. The quantitative estimate of drug-likeness (QED) is 0.728. The summed E-state index contributed by atoms with van der Waals surface area (Å²) in [5, 5.41) is 9.53. The number of aromatic nitrogens is 3. The van der Waals surface area contributed by atoms with Gasteiger partial charge in [0.1, 0.15) is 5.82 Å². The molecule has 17 heavy (non-hydrogen) atoms. The minimum absolute atomic E-state index is 0.0124. The number of amides is 1. The molecule has 0 aromatic carbocycles. The van der Waals surface area contributed by atoms with Crippen LogP contribution in [0.3, 0.4) is 0 Å². The van der Waals surface area contributed by atoms with Crippen LogP contribution in [0.25, 0.3) is 0 Å². The Hall–Kier alpha value is -1.04. The van der Waals surface area contributed by atoms with Crippen LogP contribution in [0.5, 0.6) is 0 Å². The van der Waals surface area contributed by atoms with Crippen molar-refractivity contribution < 1.29 is 4.79 Å². The molecule has 5 nitrogen and oxygen atoms in total. The number of hydrogen-bond acceptors (Lipinski definition) is 4. The molecule has 0 saturated carbocycles. The Kier molecular flexibility index (Phi) is 6.04. The van der Waals surface area contributed by atoms with Crippen molar-refractivity contribution in [2.45, 2.75) is 45.4 Å². The normalized spacial score (nSPS) is 12.4. The topological polar surface area (TPSA) is 70.7 Å². The number of nitrogens with one attached hydrogen (secondary N) is 2. The maximum absolute atomic E-state index is 11.7. The smallest absolute Gasteiger partial charge is 0.233 e. The van der Waals surface area contributed by atoms with Crippen LogP contribution in [0, 0.1) is 6.92 Å². The van der Waals surface area contributed by atoms with Crippen molar-refractivity contribution in [2.75, 3.05) is 5.75 Å². The summed E-state index contributed by atoms with van der Waals surface area (Å²) in [5.41, 5.74) is 0. The van der Waals surface area contributed by atoms with E-state index in [0.717, 1.165) is 24.4 Å². The van der Waals surface area contributed by atoms with Gasteiger partial charge in [-0.25, -0.2) is 4.98 Å². The Morgan fingerprint density at radius 1 is 1.59 bits per heavy atom. The van der Waals surface area contributed by atoms with E-state index in [-0.39, 0.29) is 11.2 Å². The van der Waals surface area contributed by atoms with E-state index in [9.17, 15) is 4.79 Å². The molecule has 0 radical (unpaired) electrons. The van der Waals surface area contributed by atoms with E-state index >= 15 is 0 Å². The van der Waals surface area contributed by atoms with Crippen LogP contribution in [0.15, 0.2) is 0 Å². The van der Waals surface area contributed by atoms with E-state index in [1.165, 1.54) is 0 Å². The number of aromatic amines is 1. The van der Waals surface area contributed by atoms with Crippen LogP contribution in [0.4, 0.5) is 0 Å². The molecule has 0 bridgehead atoms. The minimum Gasteiger partial charge on any atom is -0.348 e. The van der Waals surface area contributed by atoms with Gasteiger partial charge in [-0.2, -0.15) is 5.10 Å². The van der Waals surface area contributed by atoms with E-state index in [0.29, 0.717) is 12.4 Å². The molecule has 1 atom stereocenters. The number of hydrogen-bond donors (Lipinski definition) is 2. The second-order valence-electron chi connectivity index (χ2n) is 3.92. The predicted octanol–water partition coefficient (Wildman–Crippen LogP) is 1.65. The van der Waals surface area contributed by atoms with Crippen molar-refractivity contribution in [1.29, 1.82) is 0 Å². The third kappa shape index (κ3) is 5.21. The van der Waals surface area contributed by atoms with Crippen molar-refractivity contribution in [3.8, 4) is 0 Å². The van der Waals surface area contributed by atoms with E-state index in [2.05, 4.69) is 27.4 Å². The number of unbranched alkanes of at least 4 members (excludes halogenated alkanes) is 1. The molecule has 6 heteroatoms. The third-order valence-corrected chi connectivity index (χ3v) is 3.54. The number of aryl methyl sites for hydroxylation is 1. The Labute approximate surface area is 106 Å². The number of carbonyl (C=O) groups is 1. The monoisotopic (exact) mass is 256 g/mol. The standard InChI is InChI=1S/C11H20N4OS/c1-4-5-6-17-8(2)11(16)12-7-10-13-9(3)14-15-10/h8H,4-7H2,1-3H3,(H,12,16)(H,13,14,15)/t8-/m0/s1. The summed E-state index contributed by atoms with van der Waals surface area (Å²) >= 11 is 1.69. The fraction of sp³-hybridized carbons (Fsp3) is 0.727. The number of carbonyl (C=O) groups excluding carboxylic acids is 1. The van der Waals surface area contributed by atoms with Crippen molar-refractivity contribution in [1.82, 2.24) is 20.5 Å². The fourth-order valence-electron chi connectivity index (χ4n) is 1.26. The van der Waals surface area contributed by atoms with Gasteiger partial charge in [-0.05, 0) is 26.0 Å². The molecule has 1 rings (SSSR count). The lowest BCUT2D eigenvalue weighted by atomic mass is 10.4. The van der Waals surface area contributed by atoms with Crippen LogP contribution in [-0.2, 0) is 11.3 Å². The zero-order chi connectivity index (χ0) is 12.7. The van der Waals surface area contributed by atoms with Crippen molar-refractivity contribution in [3.63, 3.8) is 0 Å². The molecule has 0 aliphatic carbocycles. The zero-order valence-corrected chi connectivity index (χ0v) is 11.4. The lowest BCUT2D eigenvalue weighted by Gasteiger charge is -2.10. The van der Waals surface area contributed by atoms with Gasteiger partial charge >= 0.3 is 0 Å². The van der Waals surface area contributed by atoms with Crippen LogP contribution in [-0.4, -0.2) is 32.1 Å². The predicted molar refractivity (Wildman–Crippen MR) is 69.8 cm³/mol. The summed E-state index contributed by atoms with van der Waals surface area (Å²) < 4.78 is 0. The summed E-state index contributed by atoms with van der Waals surface area (Å²) in [6.07, 6.45) is 2.32. The van der Waals surface area contributed by atoms with Crippen molar-refractivity contribution >= 4 is 17.7 Å². The summed E-state index contributed by atoms with van der Waals surface area (Å²) in [4.78, 5) is 15.8. The van der Waals surface area contributed by atoms with Crippen molar-refractivity contribution in [2.24, 2.45) is 0 Å². The van der Waals surface area contributed by atoms with Gasteiger partial charge in [0, 0.05) is 0 Å². The first-order valence-electron chi connectivity index (χ1n) is 5.90. The van der Waals surface area contributed by atoms with Gasteiger partial charge < -0.3 is 5.32 Å². The number of rotatable bonds is 7. The Morgan fingerprint density at radius 2 is 2.35 bits per heavy atom. The summed E-state index contributed by atoms with van der Waals surface area (Å²) in [6, 6.07) is 0. The molecule has 2 N–H and O–H groups in total. The SMILES string of the molecule is CCCCS[C@@H](C)C(=O)NCc1n[nH]c(C)n1. The molecular weight excluding hydrogens is 236 g/mol. The van der Waals surface area contributed by atoms with E-state index in [1.54, 1.807) is 11.8 Å². The molecule has 0 aliphatic heterocycles. The second kappa shape index (κ2) is 7.32. The van der Waals surface area contributed by atoms with Crippen LogP contribution in [0.2, 0.25) is 0 Å². The molecule has 1 heterocycles. The van der Waals surface area contributed by atoms with Crippen LogP contribution >= 0.6 is 11.8 Å². The molecule has 0 spiro atoms. The molecule has 0 unspecified atom stereocenters. The highest BCUT2D eigenvalue weighted by atomic mass is 32.2. The number of nitrogens with zero attached hydrogens (tertiary/aromatic N) is 2. The van der Waals surface area contributed by atoms with Crippen LogP contribution < -0.4 is 5.32 Å². The molecule has 1 amide bonds. The first kappa shape index (κ1) is 14.0. The van der Waals surface area contributed by atoms with Gasteiger partial charge in [0.2, 0.25) is 5.91 Å². The zero-order valence-electron chi connectivity index (χ0n) is 10.6. The largest absolute Gasteiger partial charge is 0.348 e. The minimum atomic E-state index is -0.0124. The lowest BCUT2D eigenvalue weighted by molar-refractivity contribution is -0.120. The van der Waals surface area contributed by atoms with Gasteiger partial charge in [0.25, 0.3) is 0 Å². The molecule has 1 aromatic rings. The Bertz CT molecular complexity index is 353. The summed E-state index contributed by atoms with van der Waals surface area (Å²) in [7, 11) is 0. The number of thioether (sulfide) groups is 1. The first-order chi connectivity index (χ1) is 8.13. The fourth-order valence-corrected chi connectivity index (χ4v) is 2.30. The lowest BCUT2D eigenvalue weighted by Crippen LogP contribution is -2.31. The number of H-pyrrole nitrogens is 1. The molecule has 0 fully saturated rings. The van der Waals surface area contributed by atoms with Gasteiger partial charge in [-0.15, -0.1) is 11.8 Å². The summed E-state index contributed by atoms with van der Waals surface area (Å²) in [6.45, 7) is 6.30. The van der Waals surface area contributed by atoms with Gasteiger partial charge in [0.15, 0.2) is 5.82 Å². The maximum Gasteiger partial charge on any atom is 0.233 e. The van der Waals surface area contributed by atoms with Gasteiger partial charge in [-0.1, -0.05) is 13.3 Å². The molecule has 0 aliphatic rings.